The molecule has 0 aliphatic carbocycles. The Bertz CT molecular complexity index is 602. The highest BCUT2D eigenvalue weighted by atomic mass is 32.2. The molecule has 8 heteroatoms. The van der Waals surface area contributed by atoms with Gasteiger partial charge in [-0.25, -0.2) is 12.7 Å². The minimum Gasteiger partial charge on any atom is -0.399 e. The van der Waals surface area contributed by atoms with Gasteiger partial charge in [0.1, 0.15) is 0 Å². The fourth-order valence-electron chi connectivity index (χ4n) is 2.17. The lowest BCUT2D eigenvalue weighted by Crippen LogP contribution is -2.33. The Morgan fingerprint density at radius 3 is 2.57 bits per heavy atom. The largest absolute Gasteiger partial charge is 0.399 e. The highest BCUT2D eigenvalue weighted by Gasteiger charge is 2.33. The lowest BCUT2D eigenvalue weighted by atomic mass is 10.1. The minimum absolute atomic E-state index is 0.0491. The van der Waals surface area contributed by atoms with E-state index in [-0.39, 0.29) is 18.2 Å². The molecule has 4 N–H and O–H groups in total. The zero-order valence-electron chi connectivity index (χ0n) is 11.6. The van der Waals surface area contributed by atoms with Crippen molar-refractivity contribution >= 4 is 33.4 Å². The molecule has 1 unspecified atom stereocenters. The molecule has 0 aromatic heterocycles. The highest BCUT2D eigenvalue weighted by molar-refractivity contribution is 8.00. The summed E-state index contributed by atoms with van der Waals surface area (Å²) in [6.07, 6.45) is 0.514. The normalized spacial score (nSPS) is 19.7. The van der Waals surface area contributed by atoms with Gasteiger partial charge in [-0.1, -0.05) is 0 Å². The highest BCUT2D eigenvalue weighted by Crippen LogP contribution is 2.22. The maximum Gasteiger partial charge on any atom is 0.221 e. The average Bonchev–Trinajstić information content (AvgIpc) is 2.91. The number of rotatable bonds is 6. The lowest BCUT2D eigenvalue weighted by Gasteiger charge is -2.15. The Kier molecular flexibility index (Phi) is 5.13. The quantitative estimate of drug-likeness (QED) is 0.584. The van der Waals surface area contributed by atoms with Gasteiger partial charge in [0.05, 0.1) is 11.7 Å². The molecule has 0 saturated carbocycles. The van der Waals surface area contributed by atoms with Crippen molar-refractivity contribution in [1.29, 1.82) is 0 Å². The summed E-state index contributed by atoms with van der Waals surface area (Å²) in [4.78, 5) is 12.1. The summed E-state index contributed by atoms with van der Waals surface area (Å²) in [5, 5.41) is 0. The van der Waals surface area contributed by atoms with E-state index in [0.717, 1.165) is 4.90 Å². The third kappa shape index (κ3) is 4.36. The van der Waals surface area contributed by atoms with Crippen LogP contribution in [0, 0.1) is 5.92 Å². The molecule has 21 heavy (non-hydrogen) atoms. The van der Waals surface area contributed by atoms with Gasteiger partial charge >= 0.3 is 0 Å². The van der Waals surface area contributed by atoms with E-state index in [1.807, 2.05) is 12.1 Å². The van der Waals surface area contributed by atoms with Crippen LogP contribution in [0.3, 0.4) is 0 Å². The fraction of sp³-hybridized carbons (Fsp3) is 0.462. The van der Waals surface area contributed by atoms with Gasteiger partial charge in [-0.15, -0.1) is 11.8 Å². The number of sulfonamides is 1. The van der Waals surface area contributed by atoms with Crippen molar-refractivity contribution in [2.24, 2.45) is 11.7 Å². The summed E-state index contributed by atoms with van der Waals surface area (Å²) in [6, 6.07) is 7.31. The van der Waals surface area contributed by atoms with Gasteiger partial charge in [-0.3, -0.25) is 4.79 Å². The second kappa shape index (κ2) is 6.67. The maximum atomic E-state index is 12.2. The van der Waals surface area contributed by atoms with Crippen LogP contribution in [0.15, 0.2) is 29.2 Å². The second-order valence-electron chi connectivity index (χ2n) is 4.98. The Labute approximate surface area is 128 Å². The van der Waals surface area contributed by atoms with Crippen molar-refractivity contribution in [2.75, 3.05) is 30.3 Å². The van der Waals surface area contributed by atoms with Crippen LogP contribution in [0.2, 0.25) is 0 Å². The summed E-state index contributed by atoms with van der Waals surface area (Å²) in [7, 11) is -3.32. The monoisotopic (exact) mass is 329 g/mol. The molecule has 0 bridgehead atoms. The van der Waals surface area contributed by atoms with Crippen LogP contribution in [-0.2, 0) is 14.8 Å². The molecule has 1 aromatic rings. The number of thioether (sulfide) groups is 1. The third-order valence-electron chi connectivity index (χ3n) is 3.44. The van der Waals surface area contributed by atoms with Crippen molar-refractivity contribution in [2.45, 2.75) is 11.3 Å². The van der Waals surface area contributed by atoms with Crippen LogP contribution in [0.25, 0.3) is 0 Å². The number of nitrogen functional groups attached to an aromatic ring is 1. The van der Waals surface area contributed by atoms with Crippen molar-refractivity contribution in [1.82, 2.24) is 4.31 Å². The standard InChI is InChI=1S/C13H19N3O3S2/c14-11-1-3-12(4-2-11)20-7-8-21(18,19)16-6-5-10(9-16)13(15)17/h1-4,10H,5-9,14H2,(H2,15,17). The number of hydrogen-bond donors (Lipinski definition) is 2. The van der Waals surface area contributed by atoms with Gasteiger partial charge in [-0.05, 0) is 30.7 Å². The predicted molar refractivity (Wildman–Crippen MR) is 84.2 cm³/mol. The molecular formula is C13H19N3O3S2. The number of nitrogens with two attached hydrogens (primary N) is 2. The first-order chi connectivity index (χ1) is 9.88. The maximum absolute atomic E-state index is 12.2. The number of hydrogen-bond acceptors (Lipinski definition) is 5. The lowest BCUT2D eigenvalue weighted by molar-refractivity contribution is -0.121. The van der Waals surface area contributed by atoms with Crippen LogP contribution >= 0.6 is 11.8 Å². The molecule has 1 aliphatic rings. The molecule has 116 valence electrons. The van der Waals surface area contributed by atoms with E-state index >= 15 is 0 Å². The van der Waals surface area contributed by atoms with E-state index in [0.29, 0.717) is 24.4 Å². The number of benzene rings is 1. The molecule has 1 aromatic carbocycles. The summed E-state index contributed by atoms with van der Waals surface area (Å²) in [5.41, 5.74) is 11.5. The van der Waals surface area contributed by atoms with Crippen molar-refractivity contribution in [3.8, 4) is 0 Å². The van der Waals surface area contributed by atoms with Crippen LogP contribution < -0.4 is 11.5 Å². The molecular weight excluding hydrogens is 310 g/mol. The van der Waals surface area contributed by atoms with Crippen LogP contribution in [0.4, 0.5) is 5.69 Å². The van der Waals surface area contributed by atoms with Gasteiger partial charge in [0.25, 0.3) is 0 Å². The minimum atomic E-state index is -3.32. The summed E-state index contributed by atoms with van der Waals surface area (Å²) in [5.74, 6) is -0.272. The Morgan fingerprint density at radius 1 is 1.33 bits per heavy atom. The average molecular weight is 329 g/mol. The van der Waals surface area contributed by atoms with Crippen molar-refractivity contribution in [3.05, 3.63) is 24.3 Å². The molecule has 1 atom stereocenters. The Morgan fingerprint density at radius 2 is 2.00 bits per heavy atom. The topological polar surface area (TPSA) is 106 Å². The first-order valence-corrected chi connectivity index (χ1v) is 9.23. The second-order valence-corrected chi connectivity index (χ2v) is 8.24. The smallest absolute Gasteiger partial charge is 0.221 e. The number of anilines is 1. The van der Waals surface area contributed by atoms with Gasteiger partial charge < -0.3 is 11.5 Å². The molecule has 1 heterocycles. The molecule has 1 amide bonds. The van der Waals surface area contributed by atoms with E-state index in [2.05, 4.69) is 0 Å². The molecule has 1 aliphatic heterocycles. The van der Waals surface area contributed by atoms with E-state index in [4.69, 9.17) is 11.5 Å². The first-order valence-electron chi connectivity index (χ1n) is 6.64. The van der Waals surface area contributed by atoms with E-state index in [9.17, 15) is 13.2 Å². The summed E-state index contributed by atoms with van der Waals surface area (Å²) >= 11 is 1.47. The van der Waals surface area contributed by atoms with Gasteiger partial charge in [0.2, 0.25) is 15.9 Å². The van der Waals surface area contributed by atoms with Crippen molar-refractivity contribution < 1.29 is 13.2 Å². The third-order valence-corrected chi connectivity index (χ3v) is 6.55. The van der Waals surface area contributed by atoms with Crippen LogP contribution in [-0.4, -0.2) is 43.2 Å². The molecule has 0 radical (unpaired) electrons. The Balaban J connectivity index is 1.84. The van der Waals surface area contributed by atoms with Gasteiger partial charge in [0, 0.05) is 29.4 Å². The summed E-state index contributed by atoms with van der Waals surface area (Å²) < 4.78 is 25.7. The molecule has 1 saturated heterocycles. The van der Waals surface area contributed by atoms with Crippen molar-refractivity contribution in [3.63, 3.8) is 0 Å². The zero-order valence-corrected chi connectivity index (χ0v) is 13.2. The Hall–Kier alpha value is -1.25. The number of primary amides is 1. The van der Waals surface area contributed by atoms with E-state index < -0.39 is 15.9 Å². The zero-order chi connectivity index (χ0) is 15.5. The van der Waals surface area contributed by atoms with E-state index in [1.54, 1.807) is 12.1 Å². The predicted octanol–water partition coefficient (Wildman–Crippen LogP) is 0.498. The van der Waals surface area contributed by atoms with E-state index in [1.165, 1.54) is 16.1 Å². The number of carbonyl (C=O) groups excluding carboxylic acids is 1. The first kappa shape index (κ1) is 16.1. The number of carbonyl (C=O) groups is 1. The number of amides is 1. The van der Waals surface area contributed by atoms with Crippen LogP contribution in [0.1, 0.15) is 6.42 Å². The molecule has 2 rings (SSSR count). The van der Waals surface area contributed by atoms with Gasteiger partial charge in [0.15, 0.2) is 0 Å². The van der Waals surface area contributed by atoms with Gasteiger partial charge in [-0.2, -0.15) is 0 Å². The molecule has 0 spiro atoms. The summed E-state index contributed by atoms with van der Waals surface area (Å²) in [6.45, 7) is 0.590. The number of nitrogens with zero attached hydrogens (tertiary/aromatic N) is 1. The molecule has 1 fully saturated rings. The SMILES string of the molecule is NC(=O)C1CCN(S(=O)(=O)CCSc2ccc(N)cc2)C1. The fourth-order valence-corrected chi connectivity index (χ4v) is 4.96. The van der Waals surface area contributed by atoms with Crippen LogP contribution in [0.5, 0.6) is 0 Å². The molecule has 6 nitrogen and oxygen atoms in total.